The number of carbonyl (C=O) groups excluding carboxylic acids is 1. The lowest BCUT2D eigenvalue weighted by atomic mass is 10.2. The fraction of sp³-hybridized carbons (Fsp3) is 0.125. The highest BCUT2D eigenvalue weighted by atomic mass is 32.2. The Hall–Kier alpha value is -1.36. The summed E-state index contributed by atoms with van der Waals surface area (Å²) in [5, 5.41) is -0.895. The highest BCUT2D eigenvalue weighted by Gasteiger charge is 2.08. The van der Waals surface area contributed by atoms with E-state index >= 15 is 0 Å². The number of carbonyl (C=O) groups is 1. The van der Waals surface area contributed by atoms with E-state index in [1.165, 1.54) is 19.2 Å². The molecule has 4 nitrogen and oxygen atoms in total. The van der Waals surface area contributed by atoms with Crippen molar-refractivity contribution in [3.63, 3.8) is 0 Å². The first-order valence-electron chi connectivity index (χ1n) is 3.48. The lowest BCUT2D eigenvalue weighted by Gasteiger charge is -1.99. The van der Waals surface area contributed by atoms with Crippen LogP contribution < -0.4 is 4.74 Å². The zero-order valence-corrected chi connectivity index (χ0v) is 7.78. The van der Waals surface area contributed by atoms with E-state index in [0.717, 1.165) is 0 Å². The quantitative estimate of drug-likeness (QED) is 0.704. The van der Waals surface area contributed by atoms with Crippen molar-refractivity contribution in [1.29, 1.82) is 0 Å². The van der Waals surface area contributed by atoms with Crippen LogP contribution in [-0.2, 0) is 10.7 Å². The molecule has 0 unspecified atom stereocenters. The molecule has 0 aliphatic rings. The van der Waals surface area contributed by atoms with Crippen molar-refractivity contribution in [2.75, 3.05) is 7.11 Å². The fourth-order valence-electron chi connectivity index (χ4n) is 0.862. The first-order chi connectivity index (χ1) is 6.15. The molecule has 0 radical (unpaired) electrons. The number of ether oxygens (including phenoxy) is 1. The third-order valence-corrected chi connectivity index (χ3v) is 2.07. The molecule has 1 aromatic rings. The van der Waals surface area contributed by atoms with Crippen LogP contribution >= 0.6 is 0 Å². The standard InChI is InChI=1S/C8H8O4S/c1-12-7-4-2-3-6(5-7)8(9)13(10)11/h2-5,13H,1H3. The molecule has 5 heteroatoms. The van der Waals surface area contributed by atoms with Gasteiger partial charge in [-0.1, -0.05) is 12.1 Å². The van der Waals surface area contributed by atoms with Crippen LogP contribution in [0.25, 0.3) is 0 Å². The van der Waals surface area contributed by atoms with E-state index in [1.807, 2.05) is 0 Å². The van der Waals surface area contributed by atoms with Crippen molar-refractivity contribution in [3.05, 3.63) is 29.8 Å². The summed E-state index contributed by atoms with van der Waals surface area (Å²) in [4.78, 5) is 11.0. The molecule has 70 valence electrons. The van der Waals surface area contributed by atoms with Gasteiger partial charge in [0.1, 0.15) is 5.75 Å². The van der Waals surface area contributed by atoms with Crippen LogP contribution in [0, 0.1) is 0 Å². The van der Waals surface area contributed by atoms with Gasteiger partial charge in [-0.25, -0.2) is 8.42 Å². The number of thiol groups is 1. The van der Waals surface area contributed by atoms with Crippen molar-refractivity contribution in [2.45, 2.75) is 0 Å². The molecule has 0 N–H and O–H groups in total. The number of rotatable bonds is 2. The molecule has 0 atom stereocenters. The average Bonchev–Trinajstić information content (AvgIpc) is 2.16. The highest BCUT2D eigenvalue weighted by molar-refractivity contribution is 7.89. The Kier molecular flexibility index (Phi) is 3.02. The molecule has 1 rings (SSSR count). The second kappa shape index (κ2) is 4.04. The smallest absolute Gasteiger partial charge is 0.274 e. The van der Waals surface area contributed by atoms with Crippen molar-refractivity contribution in [3.8, 4) is 5.75 Å². The summed E-state index contributed by atoms with van der Waals surface area (Å²) in [5.41, 5.74) is 0.121. The zero-order valence-electron chi connectivity index (χ0n) is 6.89. The molecule has 0 spiro atoms. The number of methoxy groups -OCH3 is 1. The minimum atomic E-state index is -3.05. The summed E-state index contributed by atoms with van der Waals surface area (Å²) in [6, 6.07) is 6.00. The largest absolute Gasteiger partial charge is 0.497 e. The highest BCUT2D eigenvalue weighted by Crippen LogP contribution is 2.12. The van der Waals surface area contributed by atoms with E-state index < -0.39 is 15.8 Å². The van der Waals surface area contributed by atoms with E-state index in [9.17, 15) is 13.2 Å². The molecule has 0 fully saturated rings. The Balaban J connectivity index is 3.08. The van der Waals surface area contributed by atoms with Gasteiger partial charge in [0.25, 0.3) is 5.12 Å². The molecule has 0 heterocycles. The second-order valence-electron chi connectivity index (χ2n) is 2.29. The van der Waals surface area contributed by atoms with Crippen molar-refractivity contribution >= 4 is 15.8 Å². The maximum Gasteiger partial charge on any atom is 0.274 e. The third kappa shape index (κ3) is 2.29. The Morgan fingerprint density at radius 2 is 2.08 bits per heavy atom. The normalized spacial score (nSPS) is 10.0. The monoisotopic (exact) mass is 200 g/mol. The van der Waals surface area contributed by atoms with Gasteiger partial charge < -0.3 is 4.74 Å². The van der Waals surface area contributed by atoms with E-state index in [-0.39, 0.29) is 5.56 Å². The van der Waals surface area contributed by atoms with Crippen LogP contribution in [0.4, 0.5) is 0 Å². The van der Waals surface area contributed by atoms with Gasteiger partial charge in [0.15, 0.2) is 0 Å². The van der Waals surface area contributed by atoms with E-state index in [0.29, 0.717) is 5.75 Å². The van der Waals surface area contributed by atoms with Gasteiger partial charge in [-0.05, 0) is 12.1 Å². The van der Waals surface area contributed by atoms with Gasteiger partial charge in [-0.15, -0.1) is 0 Å². The molecule has 0 aromatic heterocycles. The predicted molar refractivity (Wildman–Crippen MR) is 47.6 cm³/mol. The van der Waals surface area contributed by atoms with Gasteiger partial charge in [0, 0.05) is 5.56 Å². The van der Waals surface area contributed by atoms with Crippen LogP contribution in [-0.4, -0.2) is 20.6 Å². The van der Waals surface area contributed by atoms with E-state index in [2.05, 4.69) is 0 Å². The summed E-state index contributed by atoms with van der Waals surface area (Å²) in [6.07, 6.45) is 0. The molecule has 0 aliphatic heterocycles. The minimum Gasteiger partial charge on any atom is -0.497 e. The Morgan fingerprint density at radius 3 is 2.62 bits per heavy atom. The minimum absolute atomic E-state index is 0.121. The molecule has 0 saturated carbocycles. The third-order valence-electron chi connectivity index (χ3n) is 1.48. The number of hydrogen-bond acceptors (Lipinski definition) is 4. The molecule has 0 saturated heterocycles. The maximum absolute atomic E-state index is 11.0. The van der Waals surface area contributed by atoms with Gasteiger partial charge in [0.2, 0.25) is 10.7 Å². The zero-order chi connectivity index (χ0) is 9.84. The van der Waals surface area contributed by atoms with Crippen LogP contribution in [0.5, 0.6) is 5.75 Å². The van der Waals surface area contributed by atoms with Crippen molar-refractivity contribution in [2.24, 2.45) is 0 Å². The molecule has 0 amide bonds. The SMILES string of the molecule is COc1cccc(C(=O)[SH](=O)=O)c1. The first kappa shape index (κ1) is 9.73. The predicted octanol–water partition coefficient (Wildman–Crippen LogP) is 0.447. The lowest BCUT2D eigenvalue weighted by molar-refractivity contribution is 0.108. The summed E-state index contributed by atoms with van der Waals surface area (Å²) < 4.78 is 25.5. The van der Waals surface area contributed by atoms with Crippen LogP contribution in [0.15, 0.2) is 24.3 Å². The van der Waals surface area contributed by atoms with Crippen molar-refractivity contribution in [1.82, 2.24) is 0 Å². The summed E-state index contributed by atoms with van der Waals surface area (Å²) >= 11 is 0. The van der Waals surface area contributed by atoms with E-state index in [1.54, 1.807) is 12.1 Å². The topological polar surface area (TPSA) is 60.4 Å². The maximum atomic E-state index is 11.0. The number of benzene rings is 1. The first-order valence-corrected chi connectivity index (χ1v) is 4.65. The van der Waals surface area contributed by atoms with Crippen LogP contribution in [0.3, 0.4) is 0 Å². The van der Waals surface area contributed by atoms with Gasteiger partial charge >= 0.3 is 0 Å². The Morgan fingerprint density at radius 1 is 1.38 bits per heavy atom. The summed E-state index contributed by atoms with van der Waals surface area (Å²) in [7, 11) is -1.60. The summed E-state index contributed by atoms with van der Waals surface area (Å²) in [5.74, 6) is 0.461. The summed E-state index contributed by atoms with van der Waals surface area (Å²) in [6.45, 7) is 0. The Bertz CT molecular complexity index is 387. The van der Waals surface area contributed by atoms with Crippen molar-refractivity contribution < 1.29 is 17.9 Å². The van der Waals surface area contributed by atoms with Gasteiger partial charge in [0.05, 0.1) is 7.11 Å². The van der Waals surface area contributed by atoms with Crippen LogP contribution in [0.2, 0.25) is 0 Å². The number of hydrogen-bond donors (Lipinski definition) is 1. The molecule has 0 bridgehead atoms. The molecular weight excluding hydrogens is 192 g/mol. The molecule has 0 aliphatic carbocycles. The Labute approximate surface area is 77.1 Å². The molecular formula is C8H8O4S. The second-order valence-corrected chi connectivity index (χ2v) is 3.21. The van der Waals surface area contributed by atoms with Gasteiger partial charge in [-0.2, -0.15) is 0 Å². The van der Waals surface area contributed by atoms with Gasteiger partial charge in [-0.3, -0.25) is 4.79 Å². The molecule has 13 heavy (non-hydrogen) atoms. The van der Waals surface area contributed by atoms with Crippen LogP contribution in [0.1, 0.15) is 10.4 Å². The lowest BCUT2D eigenvalue weighted by Crippen LogP contribution is -2.00. The van der Waals surface area contributed by atoms with E-state index in [4.69, 9.17) is 4.74 Å². The average molecular weight is 200 g/mol. The molecule has 1 aromatic carbocycles. The fourth-order valence-corrected chi connectivity index (χ4v) is 1.21.